The highest BCUT2D eigenvalue weighted by atomic mass is 16.3. The first-order valence-electron chi connectivity index (χ1n) is 22.8. The lowest BCUT2D eigenvalue weighted by atomic mass is 10.00. The monoisotopic (exact) mass is 856 g/mol. The number of hydrogen-bond donors (Lipinski definition) is 0. The quantitative estimate of drug-likeness (QED) is 0.137. The summed E-state index contributed by atoms with van der Waals surface area (Å²) in [6.07, 6.45) is 0. The predicted octanol–water partition coefficient (Wildman–Crippen LogP) is 18.3. The van der Waals surface area contributed by atoms with Crippen LogP contribution in [-0.4, -0.2) is 0 Å². The Balaban J connectivity index is 1.15. The van der Waals surface area contributed by atoms with E-state index >= 15 is 0 Å². The molecule has 0 bridgehead atoms. The summed E-state index contributed by atoms with van der Waals surface area (Å²) in [6.45, 7) is 0. The highest BCUT2D eigenvalue weighted by Crippen LogP contribution is 2.50. The van der Waals surface area contributed by atoms with Gasteiger partial charge in [-0.2, -0.15) is 0 Å². The maximum Gasteiger partial charge on any atom is 0.159 e. The summed E-state index contributed by atoms with van der Waals surface area (Å²) in [5, 5.41) is 4.30. The van der Waals surface area contributed by atoms with Crippen molar-refractivity contribution in [2.45, 2.75) is 0 Å². The zero-order valence-electron chi connectivity index (χ0n) is 36.7. The lowest BCUT2D eigenvalue weighted by Gasteiger charge is -2.31. The summed E-state index contributed by atoms with van der Waals surface area (Å²) in [7, 11) is 0. The molecular weight excluding hydrogens is 813 g/mol. The van der Waals surface area contributed by atoms with Crippen molar-refractivity contribution in [2.24, 2.45) is 0 Å². The van der Waals surface area contributed by atoms with Crippen molar-refractivity contribution in [3.05, 3.63) is 267 Å². The number of para-hydroxylation sites is 1. The zero-order valence-corrected chi connectivity index (χ0v) is 36.7. The molecule has 3 heteroatoms. The number of anilines is 6. The fourth-order valence-corrected chi connectivity index (χ4v) is 9.58. The standard InChI is InChI=1S/C64H44N2O/c1-5-18-45(19-6-1)48-32-37-53(38-33-48)65(55-28-17-27-52(42-55)47-22-9-3-10-23-47)62-44-56(43-60-59-41-36-51-26-13-14-30-58(51)63(59)67-64(60)62)66(54-39-34-49(35-40-54)46-20-7-2-8-21-46)61-31-16-15-29-57(61)50-24-11-4-12-25-50/h1-44H. The minimum atomic E-state index is 0.808. The number of rotatable bonds is 10. The van der Waals surface area contributed by atoms with Gasteiger partial charge in [-0.15, -0.1) is 0 Å². The third kappa shape index (κ3) is 7.49. The lowest BCUT2D eigenvalue weighted by Crippen LogP contribution is -2.14. The molecule has 12 rings (SSSR count). The summed E-state index contributed by atoms with van der Waals surface area (Å²) in [5.41, 5.74) is 16.9. The van der Waals surface area contributed by atoms with Gasteiger partial charge in [0.25, 0.3) is 0 Å². The molecule has 0 atom stereocenters. The zero-order chi connectivity index (χ0) is 44.5. The summed E-state index contributed by atoms with van der Waals surface area (Å²) in [4.78, 5) is 4.79. The van der Waals surface area contributed by atoms with Crippen molar-refractivity contribution >= 4 is 66.8 Å². The van der Waals surface area contributed by atoms with Crippen LogP contribution in [0.3, 0.4) is 0 Å². The molecule has 0 aliphatic carbocycles. The van der Waals surface area contributed by atoms with Gasteiger partial charge in [0.2, 0.25) is 0 Å². The van der Waals surface area contributed by atoms with Crippen molar-refractivity contribution in [1.29, 1.82) is 0 Å². The van der Waals surface area contributed by atoms with Gasteiger partial charge >= 0.3 is 0 Å². The molecule has 0 aliphatic heterocycles. The van der Waals surface area contributed by atoms with Crippen LogP contribution in [0.15, 0.2) is 271 Å². The Morgan fingerprint density at radius 2 is 0.731 bits per heavy atom. The lowest BCUT2D eigenvalue weighted by molar-refractivity contribution is 0.673. The van der Waals surface area contributed by atoms with Gasteiger partial charge < -0.3 is 14.2 Å². The van der Waals surface area contributed by atoms with Crippen molar-refractivity contribution in [2.75, 3.05) is 9.80 Å². The fourth-order valence-electron chi connectivity index (χ4n) is 9.58. The van der Waals surface area contributed by atoms with E-state index in [1.54, 1.807) is 0 Å². The molecule has 0 saturated carbocycles. The number of fused-ring (bicyclic) bond motifs is 5. The Morgan fingerprint density at radius 1 is 0.239 bits per heavy atom. The predicted molar refractivity (Wildman–Crippen MR) is 282 cm³/mol. The average molecular weight is 857 g/mol. The molecule has 11 aromatic carbocycles. The number of hydrogen-bond acceptors (Lipinski definition) is 3. The number of benzene rings is 11. The highest BCUT2D eigenvalue weighted by Gasteiger charge is 2.26. The molecule has 0 N–H and O–H groups in total. The summed E-state index contributed by atoms with van der Waals surface area (Å²) < 4.78 is 7.27. The van der Waals surface area contributed by atoms with Crippen LogP contribution in [0.1, 0.15) is 0 Å². The first kappa shape index (κ1) is 39.7. The third-order valence-corrected chi connectivity index (χ3v) is 12.8. The number of furan rings is 1. The Bertz CT molecular complexity index is 3660. The van der Waals surface area contributed by atoms with Crippen LogP contribution in [0.2, 0.25) is 0 Å². The summed E-state index contributed by atoms with van der Waals surface area (Å²) in [6, 6.07) is 95.5. The van der Waals surface area contributed by atoms with Gasteiger partial charge in [-0.1, -0.05) is 206 Å². The normalized spacial score (nSPS) is 11.3. The Kier molecular flexibility index (Phi) is 10.2. The summed E-state index contributed by atoms with van der Waals surface area (Å²) >= 11 is 0. The van der Waals surface area contributed by atoms with Gasteiger partial charge in [-0.3, -0.25) is 0 Å². The van der Waals surface area contributed by atoms with E-state index in [1.165, 1.54) is 11.1 Å². The van der Waals surface area contributed by atoms with Crippen molar-refractivity contribution < 1.29 is 4.42 Å². The van der Waals surface area contributed by atoms with E-state index < -0.39 is 0 Å². The molecular formula is C64H44N2O. The van der Waals surface area contributed by atoms with E-state index in [2.05, 4.69) is 277 Å². The first-order valence-corrected chi connectivity index (χ1v) is 22.8. The first-order chi connectivity index (χ1) is 33.2. The molecule has 12 aromatic rings. The van der Waals surface area contributed by atoms with Gasteiger partial charge in [0, 0.05) is 44.5 Å². The Morgan fingerprint density at radius 3 is 1.36 bits per heavy atom. The molecule has 0 spiro atoms. The van der Waals surface area contributed by atoms with Crippen molar-refractivity contribution in [1.82, 2.24) is 0 Å². The van der Waals surface area contributed by atoms with Crippen LogP contribution in [0.25, 0.3) is 77.2 Å². The molecule has 1 heterocycles. The Labute approximate surface area is 390 Å². The van der Waals surface area contributed by atoms with Crippen molar-refractivity contribution in [3.63, 3.8) is 0 Å². The van der Waals surface area contributed by atoms with Crippen LogP contribution >= 0.6 is 0 Å². The molecule has 3 nitrogen and oxygen atoms in total. The second-order valence-electron chi connectivity index (χ2n) is 16.9. The molecule has 0 radical (unpaired) electrons. The van der Waals surface area contributed by atoms with Gasteiger partial charge in [0.1, 0.15) is 5.58 Å². The smallest absolute Gasteiger partial charge is 0.159 e. The van der Waals surface area contributed by atoms with Crippen LogP contribution < -0.4 is 9.80 Å². The minimum Gasteiger partial charge on any atom is -0.453 e. The van der Waals surface area contributed by atoms with Crippen molar-refractivity contribution in [3.8, 4) is 44.5 Å². The SMILES string of the molecule is c1ccc(-c2ccc(N(c3cc(N(c4ccc(-c5ccccc5)cc4)c4cccc(-c5ccccc5)c4)c4oc5c6ccccc6ccc5c4c3)c3ccccc3-c3ccccc3)cc2)cc1. The molecule has 316 valence electrons. The minimum absolute atomic E-state index is 0.808. The van der Waals surface area contributed by atoms with Gasteiger partial charge in [0.15, 0.2) is 5.58 Å². The Hall–Kier alpha value is -8.92. The third-order valence-electron chi connectivity index (χ3n) is 12.8. The highest BCUT2D eigenvalue weighted by molar-refractivity contribution is 6.19. The molecule has 0 fully saturated rings. The van der Waals surface area contributed by atoms with E-state index in [1.807, 2.05) is 0 Å². The van der Waals surface area contributed by atoms with E-state index in [4.69, 9.17) is 4.42 Å². The maximum absolute atomic E-state index is 7.27. The molecule has 0 amide bonds. The van der Waals surface area contributed by atoms with Crippen LogP contribution in [0.5, 0.6) is 0 Å². The van der Waals surface area contributed by atoms with Crippen LogP contribution in [-0.2, 0) is 0 Å². The second-order valence-corrected chi connectivity index (χ2v) is 16.9. The fraction of sp³-hybridized carbons (Fsp3) is 0. The number of nitrogens with zero attached hydrogens (tertiary/aromatic N) is 2. The van der Waals surface area contributed by atoms with Gasteiger partial charge in [-0.25, -0.2) is 0 Å². The molecule has 1 aromatic heterocycles. The van der Waals surface area contributed by atoms with Gasteiger partial charge in [0.05, 0.1) is 11.4 Å². The van der Waals surface area contributed by atoms with Crippen LogP contribution in [0.4, 0.5) is 34.1 Å². The van der Waals surface area contributed by atoms with E-state index in [9.17, 15) is 0 Å². The second kappa shape index (κ2) is 17.2. The average Bonchev–Trinajstić information content (AvgIpc) is 3.80. The molecule has 0 unspecified atom stereocenters. The maximum atomic E-state index is 7.27. The molecule has 67 heavy (non-hydrogen) atoms. The van der Waals surface area contributed by atoms with Crippen LogP contribution in [0, 0.1) is 0 Å². The summed E-state index contributed by atoms with van der Waals surface area (Å²) in [5.74, 6) is 0. The largest absolute Gasteiger partial charge is 0.453 e. The molecule has 0 saturated heterocycles. The van der Waals surface area contributed by atoms with E-state index in [0.717, 1.165) is 100 Å². The van der Waals surface area contributed by atoms with E-state index in [0.29, 0.717) is 0 Å². The molecule has 0 aliphatic rings. The van der Waals surface area contributed by atoms with E-state index in [-0.39, 0.29) is 0 Å². The topological polar surface area (TPSA) is 19.6 Å². The van der Waals surface area contributed by atoms with Gasteiger partial charge in [-0.05, 0) is 105 Å².